The zero-order chi connectivity index (χ0) is 24.8. The zero-order valence-electron chi connectivity index (χ0n) is 18.8. The molecule has 3 aromatic carbocycles. The van der Waals surface area contributed by atoms with Gasteiger partial charge >= 0.3 is 5.97 Å². The molecule has 174 valence electrons. The first-order valence-electron chi connectivity index (χ1n) is 10.8. The van der Waals surface area contributed by atoms with E-state index < -0.39 is 5.97 Å². The van der Waals surface area contributed by atoms with Gasteiger partial charge in [-0.15, -0.1) is 0 Å². The number of fused-ring (bicyclic) bond motifs is 1. The van der Waals surface area contributed by atoms with Crippen molar-refractivity contribution in [3.05, 3.63) is 110 Å². The Hall–Kier alpha value is -4.90. The normalized spacial score (nSPS) is 10.3. The zero-order valence-corrected chi connectivity index (χ0v) is 18.8. The highest BCUT2D eigenvalue weighted by Gasteiger charge is 2.09. The molecule has 0 aliphatic heterocycles. The minimum Gasteiger partial charge on any atom is -0.465 e. The Morgan fingerprint density at radius 2 is 1.60 bits per heavy atom. The summed E-state index contributed by atoms with van der Waals surface area (Å²) in [5.41, 5.74) is 1.53. The Bertz CT molecular complexity index is 1600. The van der Waals surface area contributed by atoms with E-state index in [0.717, 1.165) is 4.68 Å². The Kier molecular flexibility index (Phi) is 6.88. The minimum absolute atomic E-state index is 0.00951. The summed E-state index contributed by atoms with van der Waals surface area (Å²) < 4.78 is 5.87. The number of H-pyrrole nitrogens is 1. The molecule has 0 aliphatic rings. The van der Waals surface area contributed by atoms with Gasteiger partial charge in [0.25, 0.3) is 11.1 Å². The molecule has 1 aromatic heterocycles. The molecule has 8 heteroatoms. The van der Waals surface area contributed by atoms with E-state index in [1.807, 2.05) is 0 Å². The topological polar surface area (TPSA) is 110 Å². The molecular weight excluding hydrogens is 446 g/mol. The minimum atomic E-state index is -0.437. The van der Waals surface area contributed by atoms with Crippen molar-refractivity contribution in [1.82, 2.24) is 9.78 Å². The fourth-order valence-corrected chi connectivity index (χ4v) is 3.50. The monoisotopic (exact) mass is 467 g/mol. The predicted octanol–water partition coefficient (Wildman–Crippen LogP) is 2.91. The molecular formula is C27H21N3O5. The second kappa shape index (κ2) is 10.4. The lowest BCUT2D eigenvalue weighted by atomic mass is 10.1. The Balaban J connectivity index is 1.43. The van der Waals surface area contributed by atoms with Crippen molar-refractivity contribution in [2.75, 3.05) is 12.4 Å². The Morgan fingerprint density at radius 1 is 0.914 bits per heavy atom. The molecule has 1 heterocycles. The van der Waals surface area contributed by atoms with E-state index in [1.54, 1.807) is 72.8 Å². The summed E-state index contributed by atoms with van der Waals surface area (Å²) in [7, 11) is 1.32. The van der Waals surface area contributed by atoms with Gasteiger partial charge in [0.05, 0.1) is 30.0 Å². The number of esters is 1. The highest BCUT2D eigenvalue weighted by Crippen LogP contribution is 2.11. The Morgan fingerprint density at radius 3 is 2.34 bits per heavy atom. The van der Waals surface area contributed by atoms with Crippen LogP contribution in [0.15, 0.2) is 82.4 Å². The number of benzene rings is 3. The fraction of sp³-hybridized carbons (Fsp3) is 0.111. The number of nitrogens with zero attached hydrogens (tertiary/aromatic N) is 1. The van der Waals surface area contributed by atoms with Crippen LogP contribution in [0, 0.1) is 11.8 Å². The molecule has 2 N–H and O–H groups in total. The maximum atomic E-state index is 12.6. The number of rotatable bonds is 5. The van der Waals surface area contributed by atoms with Crippen LogP contribution < -0.4 is 16.4 Å². The first-order valence-corrected chi connectivity index (χ1v) is 10.8. The van der Waals surface area contributed by atoms with Crippen LogP contribution in [0.3, 0.4) is 0 Å². The number of aromatic amines is 1. The number of aromatic nitrogens is 2. The van der Waals surface area contributed by atoms with Crippen molar-refractivity contribution in [3.8, 4) is 11.8 Å². The van der Waals surface area contributed by atoms with E-state index >= 15 is 0 Å². The average Bonchev–Trinajstić information content (AvgIpc) is 2.88. The molecule has 0 bridgehead atoms. The molecule has 0 aliphatic carbocycles. The van der Waals surface area contributed by atoms with Gasteiger partial charge in [-0.25, -0.2) is 9.48 Å². The van der Waals surface area contributed by atoms with Crippen LogP contribution in [0.1, 0.15) is 27.9 Å². The van der Waals surface area contributed by atoms with Crippen molar-refractivity contribution in [1.29, 1.82) is 0 Å². The number of carbonyl (C=O) groups excluding carboxylic acids is 2. The third-order valence-electron chi connectivity index (χ3n) is 5.23. The number of anilines is 1. The van der Waals surface area contributed by atoms with Crippen LogP contribution in [0.4, 0.5) is 5.69 Å². The van der Waals surface area contributed by atoms with Crippen LogP contribution in [0.5, 0.6) is 0 Å². The summed E-state index contributed by atoms with van der Waals surface area (Å²) in [4.78, 5) is 48.9. The van der Waals surface area contributed by atoms with E-state index in [0.29, 0.717) is 33.2 Å². The maximum Gasteiger partial charge on any atom is 0.337 e. The number of methoxy groups -OCH3 is 1. The average molecular weight is 467 g/mol. The molecule has 0 atom stereocenters. The van der Waals surface area contributed by atoms with Gasteiger partial charge in [0, 0.05) is 23.2 Å². The van der Waals surface area contributed by atoms with Crippen LogP contribution in [0.2, 0.25) is 0 Å². The van der Waals surface area contributed by atoms with Crippen LogP contribution in [-0.2, 0) is 16.1 Å². The van der Waals surface area contributed by atoms with Gasteiger partial charge in [-0.2, -0.15) is 0 Å². The van der Waals surface area contributed by atoms with Gasteiger partial charge in [-0.3, -0.25) is 19.5 Å². The number of carbonyl (C=O) groups is 2. The molecule has 0 radical (unpaired) electrons. The van der Waals surface area contributed by atoms with Crippen molar-refractivity contribution >= 4 is 28.3 Å². The molecule has 4 aromatic rings. The molecule has 1 amide bonds. The van der Waals surface area contributed by atoms with E-state index in [2.05, 4.69) is 22.3 Å². The van der Waals surface area contributed by atoms with Crippen molar-refractivity contribution in [3.63, 3.8) is 0 Å². The number of hydrogen-bond acceptors (Lipinski definition) is 5. The van der Waals surface area contributed by atoms with E-state index in [4.69, 9.17) is 4.74 Å². The summed E-state index contributed by atoms with van der Waals surface area (Å²) in [6.07, 6.45) is -0.00951. The first kappa shape index (κ1) is 23.3. The van der Waals surface area contributed by atoms with Crippen LogP contribution in [0.25, 0.3) is 10.8 Å². The standard InChI is InChI=1S/C27H21N3O5/c1-35-27(34)20-8-4-6-18(16-20)12-13-19-7-5-9-21(17-19)28-24(31)14-15-30-26(33)23-11-3-2-10-22(23)25(32)29-30/h2-11,16-17H,14-15H2,1H3,(H,28,31)(H,29,32). The van der Waals surface area contributed by atoms with Gasteiger partial charge in [0.15, 0.2) is 0 Å². The second-order valence-electron chi connectivity index (χ2n) is 7.64. The number of aryl methyl sites for hydroxylation is 1. The third-order valence-corrected chi connectivity index (χ3v) is 5.23. The summed E-state index contributed by atoms with van der Waals surface area (Å²) >= 11 is 0. The largest absolute Gasteiger partial charge is 0.465 e. The number of hydrogen-bond donors (Lipinski definition) is 2. The molecule has 0 saturated heterocycles. The van der Waals surface area contributed by atoms with Gasteiger partial charge in [0.1, 0.15) is 0 Å². The van der Waals surface area contributed by atoms with Crippen molar-refractivity contribution in [2.24, 2.45) is 0 Å². The fourth-order valence-electron chi connectivity index (χ4n) is 3.50. The molecule has 0 saturated carbocycles. The summed E-state index contributed by atoms with van der Waals surface area (Å²) in [5, 5.41) is 5.91. The first-order chi connectivity index (χ1) is 16.9. The van der Waals surface area contributed by atoms with Gasteiger partial charge < -0.3 is 10.1 Å². The molecule has 0 unspecified atom stereocenters. The van der Waals surface area contributed by atoms with Crippen molar-refractivity contribution < 1.29 is 14.3 Å². The summed E-state index contributed by atoms with van der Waals surface area (Å²) in [6, 6.07) is 20.3. The third kappa shape index (κ3) is 5.54. The molecule has 0 spiro atoms. The van der Waals surface area contributed by atoms with E-state index in [9.17, 15) is 19.2 Å². The lowest BCUT2D eigenvalue weighted by Crippen LogP contribution is -2.31. The van der Waals surface area contributed by atoms with Gasteiger partial charge in [-0.1, -0.05) is 36.1 Å². The lowest BCUT2D eigenvalue weighted by Gasteiger charge is -2.08. The molecule has 35 heavy (non-hydrogen) atoms. The van der Waals surface area contributed by atoms with E-state index in [1.165, 1.54) is 7.11 Å². The lowest BCUT2D eigenvalue weighted by molar-refractivity contribution is -0.116. The van der Waals surface area contributed by atoms with Gasteiger partial charge in [0.2, 0.25) is 5.91 Å². The van der Waals surface area contributed by atoms with Crippen molar-refractivity contribution in [2.45, 2.75) is 13.0 Å². The molecule has 0 fully saturated rings. The molecule has 4 rings (SSSR count). The van der Waals surface area contributed by atoms with Crippen LogP contribution in [-0.4, -0.2) is 28.8 Å². The highest BCUT2D eigenvalue weighted by atomic mass is 16.5. The van der Waals surface area contributed by atoms with Gasteiger partial charge in [-0.05, 0) is 48.5 Å². The number of nitrogens with one attached hydrogen (secondary N) is 2. The number of ether oxygens (including phenoxy) is 1. The highest BCUT2D eigenvalue weighted by molar-refractivity contribution is 5.91. The smallest absolute Gasteiger partial charge is 0.337 e. The summed E-state index contributed by atoms with van der Waals surface area (Å²) in [6.45, 7) is 0.0285. The maximum absolute atomic E-state index is 12.6. The number of amides is 1. The van der Waals surface area contributed by atoms with Crippen LogP contribution >= 0.6 is 0 Å². The summed E-state index contributed by atoms with van der Waals surface area (Å²) in [5.74, 6) is 5.25. The van der Waals surface area contributed by atoms with E-state index in [-0.39, 0.29) is 30.0 Å². The SMILES string of the molecule is COC(=O)c1cccc(C#Cc2cccc(NC(=O)CCn3[nH]c(=O)c4ccccc4c3=O)c2)c1. The molecule has 8 nitrogen and oxygen atoms in total. The quantitative estimate of drug-likeness (QED) is 0.346. The predicted molar refractivity (Wildman–Crippen MR) is 132 cm³/mol. The second-order valence-corrected chi connectivity index (χ2v) is 7.64. The Labute approximate surface area is 200 Å².